The number of nitrogens with one attached hydrogen (secondary N) is 1. The fourth-order valence-electron chi connectivity index (χ4n) is 3.79. The summed E-state index contributed by atoms with van der Waals surface area (Å²) in [4.78, 5) is 26.4. The summed E-state index contributed by atoms with van der Waals surface area (Å²) in [6.45, 7) is 6.31. The zero-order valence-electron chi connectivity index (χ0n) is 17.6. The summed E-state index contributed by atoms with van der Waals surface area (Å²) in [6, 6.07) is 7.74. The smallest absolute Gasteiger partial charge is 0.223 e. The van der Waals surface area contributed by atoms with Gasteiger partial charge < -0.3 is 25.2 Å². The Balaban J connectivity index is 1.51. The average Bonchev–Trinajstić information content (AvgIpc) is 3.30. The number of aliphatic hydroxyl groups is 2. The zero-order chi connectivity index (χ0) is 22.1. The van der Waals surface area contributed by atoms with Crippen molar-refractivity contribution in [3.8, 4) is 0 Å². The van der Waals surface area contributed by atoms with Crippen LogP contribution in [-0.2, 0) is 16.1 Å². The van der Waals surface area contributed by atoms with Crippen LogP contribution in [0.2, 0.25) is 0 Å². The van der Waals surface area contributed by atoms with Gasteiger partial charge in [-0.3, -0.25) is 9.36 Å². The molecule has 2 aromatic heterocycles. The molecule has 0 spiro atoms. The maximum atomic E-state index is 11.7. The molecule has 3 N–H and O–H groups in total. The third-order valence-corrected chi connectivity index (χ3v) is 5.51. The highest BCUT2D eigenvalue weighted by Crippen LogP contribution is 2.32. The van der Waals surface area contributed by atoms with Gasteiger partial charge in [-0.25, -0.2) is 15.0 Å². The van der Waals surface area contributed by atoms with Crippen LogP contribution in [0, 0.1) is 0 Å². The highest BCUT2D eigenvalue weighted by atomic mass is 16.6. The number of imidazole rings is 1. The SMILES string of the molecule is CCN(C(C)=O)c1ccc(CNc2ncnc3c2ncn3[C@@H]2O[C@H](C)[C@@H](O)[C@H]2O)cc1. The average molecular weight is 426 g/mol. The molecule has 1 saturated heterocycles. The van der Waals surface area contributed by atoms with Crippen molar-refractivity contribution in [2.45, 2.75) is 51.9 Å². The standard InChI is InChI=1S/C21H26N6O4/c1-4-26(13(3)28)15-7-5-14(6-8-15)9-22-19-16-20(24-10-23-19)27(11-25-16)21-18(30)17(29)12(2)31-21/h5-8,10-12,17-18,21,29-30H,4,9H2,1-3H3,(H,22,23,24)/t12-,17-,18-,21-/m1/s1. The molecule has 0 bridgehead atoms. The molecule has 1 aliphatic rings. The second-order valence-electron chi connectivity index (χ2n) is 7.54. The van der Waals surface area contributed by atoms with Crippen molar-refractivity contribution in [1.29, 1.82) is 0 Å². The normalized spacial score (nSPS) is 23.3. The molecule has 0 radical (unpaired) electrons. The minimum absolute atomic E-state index is 0.00520. The number of nitrogens with zero attached hydrogens (tertiary/aromatic N) is 5. The van der Waals surface area contributed by atoms with Crippen LogP contribution < -0.4 is 10.2 Å². The molecule has 3 heterocycles. The number of benzene rings is 1. The van der Waals surface area contributed by atoms with E-state index in [4.69, 9.17) is 4.74 Å². The van der Waals surface area contributed by atoms with Crippen molar-refractivity contribution in [2.75, 3.05) is 16.8 Å². The molecule has 10 heteroatoms. The first-order valence-corrected chi connectivity index (χ1v) is 10.2. The van der Waals surface area contributed by atoms with E-state index in [1.807, 2.05) is 31.2 Å². The van der Waals surface area contributed by atoms with Gasteiger partial charge in [0.25, 0.3) is 0 Å². The van der Waals surface area contributed by atoms with Crippen LogP contribution in [0.3, 0.4) is 0 Å². The second kappa shape index (κ2) is 8.58. The zero-order valence-corrected chi connectivity index (χ0v) is 17.6. The molecule has 1 aromatic carbocycles. The Morgan fingerprint density at radius 2 is 1.94 bits per heavy atom. The van der Waals surface area contributed by atoms with E-state index < -0.39 is 24.5 Å². The number of carbonyl (C=O) groups is 1. The quantitative estimate of drug-likeness (QED) is 0.541. The van der Waals surface area contributed by atoms with Gasteiger partial charge in [-0.05, 0) is 31.5 Å². The number of hydrogen-bond acceptors (Lipinski definition) is 8. The minimum atomic E-state index is -1.07. The number of ether oxygens (including phenoxy) is 1. The molecule has 0 unspecified atom stereocenters. The number of anilines is 2. The third kappa shape index (κ3) is 3.97. The summed E-state index contributed by atoms with van der Waals surface area (Å²) in [5, 5.41) is 23.5. The Morgan fingerprint density at radius 3 is 2.55 bits per heavy atom. The van der Waals surface area contributed by atoms with E-state index in [1.54, 1.807) is 23.3 Å². The van der Waals surface area contributed by atoms with Gasteiger partial charge in [-0.1, -0.05) is 12.1 Å². The first kappa shape index (κ1) is 21.2. The molecule has 0 aliphatic carbocycles. The molecule has 1 aliphatic heterocycles. The Kier molecular flexibility index (Phi) is 5.86. The van der Waals surface area contributed by atoms with Crippen molar-refractivity contribution >= 4 is 28.6 Å². The van der Waals surface area contributed by atoms with Crippen molar-refractivity contribution in [3.05, 3.63) is 42.5 Å². The van der Waals surface area contributed by atoms with Crippen molar-refractivity contribution in [2.24, 2.45) is 0 Å². The lowest BCUT2D eigenvalue weighted by Crippen LogP contribution is -2.30. The molecule has 4 atom stereocenters. The third-order valence-electron chi connectivity index (χ3n) is 5.51. The van der Waals surface area contributed by atoms with Gasteiger partial charge in [0.1, 0.15) is 18.5 Å². The van der Waals surface area contributed by atoms with E-state index in [0.717, 1.165) is 11.3 Å². The predicted molar refractivity (Wildman–Crippen MR) is 114 cm³/mol. The fraction of sp³-hybridized carbons (Fsp3) is 0.429. The number of carbonyl (C=O) groups excluding carboxylic acids is 1. The maximum absolute atomic E-state index is 11.7. The van der Waals surface area contributed by atoms with E-state index in [0.29, 0.717) is 30.1 Å². The molecule has 10 nitrogen and oxygen atoms in total. The Bertz CT molecular complexity index is 1070. The molecule has 4 rings (SSSR count). The largest absolute Gasteiger partial charge is 0.388 e. The van der Waals surface area contributed by atoms with Gasteiger partial charge in [0.2, 0.25) is 5.91 Å². The van der Waals surface area contributed by atoms with Crippen LogP contribution in [0.15, 0.2) is 36.9 Å². The van der Waals surface area contributed by atoms with E-state index >= 15 is 0 Å². The first-order chi connectivity index (χ1) is 14.9. The minimum Gasteiger partial charge on any atom is -0.388 e. The summed E-state index contributed by atoms with van der Waals surface area (Å²) < 4.78 is 7.28. The van der Waals surface area contributed by atoms with Gasteiger partial charge in [0.15, 0.2) is 23.2 Å². The number of hydrogen-bond donors (Lipinski definition) is 3. The monoisotopic (exact) mass is 426 g/mol. The highest BCUT2D eigenvalue weighted by molar-refractivity contribution is 5.91. The van der Waals surface area contributed by atoms with Gasteiger partial charge in [0, 0.05) is 25.7 Å². The molecule has 1 fully saturated rings. The van der Waals surface area contributed by atoms with Crippen LogP contribution in [-0.4, -0.2) is 60.5 Å². The lowest BCUT2D eigenvalue weighted by atomic mass is 10.1. The first-order valence-electron chi connectivity index (χ1n) is 10.2. The molecule has 3 aromatic rings. The summed E-state index contributed by atoms with van der Waals surface area (Å²) in [6.07, 6.45) is -0.371. The lowest BCUT2D eigenvalue weighted by Gasteiger charge is -2.19. The van der Waals surface area contributed by atoms with Gasteiger partial charge in [-0.2, -0.15) is 0 Å². The summed E-state index contributed by atoms with van der Waals surface area (Å²) in [7, 11) is 0. The molecule has 164 valence electrons. The van der Waals surface area contributed by atoms with Crippen LogP contribution in [0.5, 0.6) is 0 Å². The number of aromatic nitrogens is 4. The predicted octanol–water partition coefficient (Wildman–Crippen LogP) is 1.45. The molecule has 1 amide bonds. The van der Waals surface area contributed by atoms with Crippen molar-refractivity contribution < 1.29 is 19.7 Å². The summed E-state index contributed by atoms with van der Waals surface area (Å²) in [5.74, 6) is 0.554. The lowest BCUT2D eigenvalue weighted by molar-refractivity contribution is -0.116. The Hall–Kier alpha value is -3.08. The molecule has 0 saturated carbocycles. The van der Waals surface area contributed by atoms with Crippen molar-refractivity contribution in [1.82, 2.24) is 19.5 Å². The van der Waals surface area contributed by atoms with Crippen LogP contribution in [0.1, 0.15) is 32.6 Å². The van der Waals surface area contributed by atoms with Gasteiger partial charge in [-0.15, -0.1) is 0 Å². The number of amides is 1. The van der Waals surface area contributed by atoms with Crippen molar-refractivity contribution in [3.63, 3.8) is 0 Å². The maximum Gasteiger partial charge on any atom is 0.223 e. The topological polar surface area (TPSA) is 126 Å². The Labute approximate surface area is 179 Å². The molecular weight excluding hydrogens is 400 g/mol. The Morgan fingerprint density at radius 1 is 1.19 bits per heavy atom. The van der Waals surface area contributed by atoms with Crippen LogP contribution in [0.25, 0.3) is 11.2 Å². The summed E-state index contributed by atoms with van der Waals surface area (Å²) >= 11 is 0. The second-order valence-corrected chi connectivity index (χ2v) is 7.54. The summed E-state index contributed by atoms with van der Waals surface area (Å²) in [5.41, 5.74) is 2.91. The fourth-order valence-corrected chi connectivity index (χ4v) is 3.79. The number of rotatable bonds is 6. The van der Waals surface area contributed by atoms with Gasteiger partial charge in [0.05, 0.1) is 12.4 Å². The van der Waals surface area contributed by atoms with Gasteiger partial charge >= 0.3 is 0 Å². The van der Waals surface area contributed by atoms with E-state index in [2.05, 4.69) is 20.3 Å². The van der Waals surface area contributed by atoms with Crippen LogP contribution >= 0.6 is 0 Å². The van der Waals surface area contributed by atoms with E-state index in [1.165, 1.54) is 12.7 Å². The van der Waals surface area contributed by atoms with E-state index in [9.17, 15) is 15.0 Å². The number of fused-ring (bicyclic) bond motifs is 1. The molecule has 31 heavy (non-hydrogen) atoms. The molecular formula is C21H26N6O4. The highest BCUT2D eigenvalue weighted by Gasteiger charge is 2.42. The number of aliphatic hydroxyl groups excluding tert-OH is 2. The van der Waals surface area contributed by atoms with Crippen LogP contribution in [0.4, 0.5) is 11.5 Å². The van der Waals surface area contributed by atoms with E-state index in [-0.39, 0.29) is 5.91 Å².